The molecule has 152 valence electrons. The molecule has 0 N–H and O–H groups in total. The van der Waals surface area contributed by atoms with Crippen LogP contribution < -0.4 is 14.2 Å². The van der Waals surface area contributed by atoms with Crippen LogP contribution in [-0.2, 0) is 0 Å². The van der Waals surface area contributed by atoms with Crippen LogP contribution in [0, 0.1) is 6.92 Å². The molecule has 6 heteroatoms. The highest BCUT2D eigenvalue weighted by molar-refractivity contribution is 6.42. The maximum absolute atomic E-state index is 6.68. The molecule has 3 aromatic rings. The van der Waals surface area contributed by atoms with Gasteiger partial charge in [0.05, 0.1) is 37.1 Å². The summed E-state index contributed by atoms with van der Waals surface area (Å²) in [5, 5.41) is 0.792. The van der Waals surface area contributed by atoms with E-state index >= 15 is 0 Å². The van der Waals surface area contributed by atoms with Gasteiger partial charge in [0.1, 0.15) is 0 Å². The largest absolute Gasteiger partial charge is 0.493 e. The molecule has 0 saturated heterocycles. The van der Waals surface area contributed by atoms with Crippen LogP contribution in [0.4, 0.5) is 0 Å². The van der Waals surface area contributed by atoms with E-state index < -0.39 is 0 Å². The molecular formula is C23H23Cl2NO3. The zero-order chi connectivity index (χ0) is 21.0. The maximum atomic E-state index is 6.68. The minimum atomic E-state index is -0.255. The third kappa shape index (κ3) is 4.29. The lowest BCUT2D eigenvalue weighted by atomic mass is 9.83. The molecule has 2 aromatic carbocycles. The topological polar surface area (TPSA) is 40.6 Å². The van der Waals surface area contributed by atoms with Gasteiger partial charge in [-0.2, -0.15) is 0 Å². The molecule has 0 saturated carbocycles. The maximum Gasteiger partial charge on any atom is 0.218 e. The van der Waals surface area contributed by atoms with E-state index in [1.165, 1.54) is 6.20 Å². The van der Waals surface area contributed by atoms with E-state index in [0.717, 1.165) is 16.7 Å². The predicted octanol–water partition coefficient (Wildman–Crippen LogP) is 6.29. The van der Waals surface area contributed by atoms with E-state index in [1.807, 2.05) is 56.3 Å². The average molecular weight is 432 g/mol. The van der Waals surface area contributed by atoms with Crippen LogP contribution in [-0.4, -0.2) is 25.8 Å². The smallest absolute Gasteiger partial charge is 0.218 e. The van der Waals surface area contributed by atoms with Crippen molar-refractivity contribution in [3.8, 4) is 17.4 Å². The first-order chi connectivity index (χ1) is 14.0. The molecule has 1 atom stereocenters. The highest BCUT2D eigenvalue weighted by Gasteiger charge is 2.28. The van der Waals surface area contributed by atoms with E-state index in [1.54, 1.807) is 14.2 Å². The van der Waals surface area contributed by atoms with Gasteiger partial charge in [0.2, 0.25) is 5.88 Å². The summed E-state index contributed by atoms with van der Waals surface area (Å²) in [5.41, 5.74) is 3.78. The van der Waals surface area contributed by atoms with E-state index in [-0.39, 0.29) is 5.92 Å². The average Bonchev–Trinajstić information content (AvgIpc) is 2.74. The van der Waals surface area contributed by atoms with Gasteiger partial charge in [0, 0.05) is 11.5 Å². The van der Waals surface area contributed by atoms with Crippen molar-refractivity contribution < 1.29 is 14.2 Å². The van der Waals surface area contributed by atoms with Gasteiger partial charge in [-0.05, 0) is 42.7 Å². The minimum absolute atomic E-state index is 0.255. The molecule has 29 heavy (non-hydrogen) atoms. The van der Waals surface area contributed by atoms with Crippen LogP contribution in [0.15, 0.2) is 48.7 Å². The van der Waals surface area contributed by atoms with Crippen LogP contribution in [0.3, 0.4) is 0 Å². The van der Waals surface area contributed by atoms with Crippen molar-refractivity contribution in [2.75, 3.05) is 20.8 Å². The molecule has 3 rings (SSSR count). The Bertz CT molecular complexity index is 993. The Hall–Kier alpha value is -2.43. The van der Waals surface area contributed by atoms with Crippen LogP contribution in [0.5, 0.6) is 17.4 Å². The van der Waals surface area contributed by atoms with Gasteiger partial charge >= 0.3 is 0 Å². The van der Waals surface area contributed by atoms with Gasteiger partial charge in [-0.1, -0.05) is 53.5 Å². The lowest BCUT2D eigenvalue weighted by Crippen LogP contribution is -2.10. The molecule has 0 amide bonds. The first kappa shape index (κ1) is 21.3. The molecule has 0 spiro atoms. The number of hydrogen-bond acceptors (Lipinski definition) is 4. The van der Waals surface area contributed by atoms with E-state index in [4.69, 9.17) is 37.4 Å². The minimum Gasteiger partial charge on any atom is -0.493 e. The number of benzene rings is 2. The van der Waals surface area contributed by atoms with Gasteiger partial charge in [-0.25, -0.2) is 4.98 Å². The first-order valence-corrected chi connectivity index (χ1v) is 10.0. The molecule has 1 unspecified atom stereocenters. The summed E-state index contributed by atoms with van der Waals surface area (Å²) >= 11 is 13.0. The second-order valence-corrected chi connectivity index (χ2v) is 7.26. The quantitative estimate of drug-likeness (QED) is 0.440. The molecule has 0 fully saturated rings. The molecule has 0 radical (unpaired) electrons. The van der Waals surface area contributed by atoms with Gasteiger partial charge in [-0.3, -0.25) is 0 Å². The van der Waals surface area contributed by atoms with Crippen LogP contribution >= 0.6 is 23.2 Å². The Morgan fingerprint density at radius 1 is 1.00 bits per heavy atom. The Morgan fingerprint density at radius 2 is 1.72 bits per heavy atom. The number of halogens is 2. The fourth-order valence-corrected chi connectivity index (χ4v) is 3.83. The molecule has 0 aliphatic rings. The molecule has 4 nitrogen and oxygen atoms in total. The van der Waals surface area contributed by atoms with Crippen LogP contribution in [0.25, 0.3) is 0 Å². The highest BCUT2D eigenvalue weighted by Crippen LogP contribution is 2.45. The van der Waals surface area contributed by atoms with Gasteiger partial charge in [-0.15, -0.1) is 0 Å². The SMILES string of the molecule is CCOc1cc(C(c2ccccc2)c2c(OC)ncc(Cl)c2Cl)c(C)cc1OC. The number of rotatable bonds is 7. The van der Waals surface area contributed by atoms with Gasteiger partial charge in [0.25, 0.3) is 0 Å². The zero-order valence-corrected chi connectivity index (χ0v) is 18.3. The standard InChI is InChI=1S/C23H23Cl2NO3/c1-5-29-19-12-16(14(2)11-18(19)27-3)20(15-9-7-6-8-10-15)21-22(25)17(24)13-26-23(21)28-4/h6-13,20H,5H2,1-4H3. The van der Waals surface area contributed by atoms with Crippen LogP contribution in [0.1, 0.15) is 35.1 Å². The number of aromatic nitrogens is 1. The first-order valence-electron chi connectivity index (χ1n) is 9.25. The van der Waals surface area contributed by atoms with Crippen molar-refractivity contribution in [3.05, 3.63) is 81.0 Å². The summed E-state index contributed by atoms with van der Waals surface area (Å²) in [6.07, 6.45) is 1.50. The van der Waals surface area contributed by atoms with E-state index in [9.17, 15) is 0 Å². The summed E-state index contributed by atoms with van der Waals surface area (Å²) in [6, 6.07) is 14.0. The molecule has 0 aliphatic carbocycles. The fraction of sp³-hybridized carbons (Fsp3) is 0.261. The van der Waals surface area contributed by atoms with Crippen molar-refractivity contribution in [2.45, 2.75) is 19.8 Å². The summed E-state index contributed by atoms with van der Waals surface area (Å²) in [4.78, 5) is 4.36. The third-order valence-corrected chi connectivity index (χ3v) is 5.54. The summed E-state index contributed by atoms with van der Waals surface area (Å²) < 4.78 is 16.9. The zero-order valence-electron chi connectivity index (χ0n) is 16.8. The Balaban J connectivity index is 2.33. The molecule has 0 bridgehead atoms. The normalized spacial score (nSPS) is 11.8. The second-order valence-electron chi connectivity index (χ2n) is 6.48. The fourth-order valence-electron chi connectivity index (χ4n) is 3.44. The van der Waals surface area contributed by atoms with Crippen molar-refractivity contribution in [1.29, 1.82) is 0 Å². The third-order valence-electron chi connectivity index (χ3n) is 4.75. The predicted molar refractivity (Wildman–Crippen MR) is 117 cm³/mol. The van der Waals surface area contributed by atoms with Crippen molar-refractivity contribution >= 4 is 23.2 Å². The number of hydrogen-bond donors (Lipinski definition) is 0. The second kappa shape index (κ2) is 9.38. The van der Waals surface area contributed by atoms with E-state index in [2.05, 4.69) is 4.98 Å². The van der Waals surface area contributed by atoms with Crippen molar-refractivity contribution in [3.63, 3.8) is 0 Å². The number of pyridine rings is 1. The summed E-state index contributed by atoms with van der Waals surface area (Å²) in [5.74, 6) is 1.53. The number of nitrogens with zero attached hydrogens (tertiary/aromatic N) is 1. The Kier molecular flexibility index (Phi) is 6.88. The molecule has 1 aromatic heterocycles. The highest BCUT2D eigenvalue weighted by atomic mass is 35.5. The number of methoxy groups -OCH3 is 2. The van der Waals surface area contributed by atoms with Crippen molar-refractivity contribution in [1.82, 2.24) is 4.98 Å². The number of ether oxygens (including phenoxy) is 3. The lowest BCUT2D eigenvalue weighted by Gasteiger charge is -2.25. The number of aryl methyl sites for hydroxylation is 1. The van der Waals surface area contributed by atoms with Crippen LogP contribution in [0.2, 0.25) is 10.0 Å². The monoisotopic (exact) mass is 431 g/mol. The molecule has 1 heterocycles. The van der Waals surface area contributed by atoms with E-state index in [0.29, 0.717) is 39.6 Å². The lowest BCUT2D eigenvalue weighted by molar-refractivity contribution is 0.310. The van der Waals surface area contributed by atoms with Gasteiger partial charge < -0.3 is 14.2 Å². The summed E-state index contributed by atoms with van der Waals surface area (Å²) in [6.45, 7) is 4.49. The van der Waals surface area contributed by atoms with Gasteiger partial charge in [0.15, 0.2) is 11.5 Å². The Labute approximate surface area is 181 Å². The van der Waals surface area contributed by atoms with Crippen molar-refractivity contribution in [2.24, 2.45) is 0 Å². The molecular weight excluding hydrogens is 409 g/mol. The molecule has 0 aliphatic heterocycles. The Morgan fingerprint density at radius 3 is 2.34 bits per heavy atom. The summed E-state index contributed by atoms with van der Waals surface area (Å²) in [7, 11) is 3.21.